The predicted molar refractivity (Wildman–Crippen MR) is 69.7 cm³/mol. The number of amides is 1. The first-order chi connectivity index (χ1) is 9.08. The molecule has 5 heteroatoms. The summed E-state index contributed by atoms with van der Waals surface area (Å²) in [6, 6.07) is 0. The predicted octanol–water partition coefficient (Wildman–Crippen LogP) is 1.51. The van der Waals surface area contributed by atoms with Crippen molar-refractivity contribution in [3.63, 3.8) is 0 Å². The fourth-order valence-corrected chi connectivity index (χ4v) is 3.09. The molecular formula is C14H23NO4. The SMILES string of the molecule is CC1CN(C(=O)C2CCCC(C(=O)O)C2)CCCO1. The molecule has 1 heterocycles. The lowest BCUT2D eigenvalue weighted by Crippen LogP contribution is -2.41. The number of aliphatic carboxylic acids is 1. The van der Waals surface area contributed by atoms with Crippen LogP contribution in [0, 0.1) is 11.8 Å². The van der Waals surface area contributed by atoms with Gasteiger partial charge in [0.25, 0.3) is 0 Å². The van der Waals surface area contributed by atoms with Gasteiger partial charge in [-0.25, -0.2) is 0 Å². The fourth-order valence-electron chi connectivity index (χ4n) is 3.09. The quantitative estimate of drug-likeness (QED) is 0.825. The molecular weight excluding hydrogens is 246 g/mol. The highest BCUT2D eigenvalue weighted by Gasteiger charge is 2.34. The van der Waals surface area contributed by atoms with Crippen molar-refractivity contribution in [1.82, 2.24) is 4.90 Å². The number of nitrogens with zero attached hydrogens (tertiary/aromatic N) is 1. The number of carboxylic acid groups (broad SMARTS) is 1. The van der Waals surface area contributed by atoms with Gasteiger partial charge >= 0.3 is 5.97 Å². The lowest BCUT2D eigenvalue weighted by molar-refractivity contribution is -0.145. The lowest BCUT2D eigenvalue weighted by atomic mass is 9.80. The average Bonchev–Trinajstić information content (AvgIpc) is 2.62. The molecule has 0 aromatic carbocycles. The maximum absolute atomic E-state index is 12.5. The minimum absolute atomic E-state index is 0.0744. The molecule has 2 fully saturated rings. The van der Waals surface area contributed by atoms with Crippen LogP contribution in [0.15, 0.2) is 0 Å². The van der Waals surface area contributed by atoms with Crippen LogP contribution in [0.4, 0.5) is 0 Å². The zero-order valence-electron chi connectivity index (χ0n) is 11.5. The van der Waals surface area contributed by atoms with Crippen LogP contribution < -0.4 is 0 Å². The van der Waals surface area contributed by atoms with Crippen LogP contribution in [0.3, 0.4) is 0 Å². The van der Waals surface area contributed by atoms with E-state index in [-0.39, 0.29) is 23.8 Å². The first-order valence-corrected chi connectivity index (χ1v) is 7.21. The number of carbonyl (C=O) groups excluding carboxylic acids is 1. The Labute approximate surface area is 113 Å². The zero-order valence-corrected chi connectivity index (χ0v) is 11.5. The van der Waals surface area contributed by atoms with E-state index in [0.29, 0.717) is 26.0 Å². The highest BCUT2D eigenvalue weighted by molar-refractivity contribution is 5.80. The molecule has 0 bridgehead atoms. The van der Waals surface area contributed by atoms with E-state index in [1.807, 2.05) is 11.8 Å². The largest absolute Gasteiger partial charge is 0.481 e. The molecule has 3 unspecified atom stereocenters. The molecule has 1 aliphatic carbocycles. The highest BCUT2D eigenvalue weighted by atomic mass is 16.5. The average molecular weight is 269 g/mol. The molecule has 1 N–H and O–H groups in total. The van der Waals surface area contributed by atoms with Gasteiger partial charge in [0.05, 0.1) is 12.0 Å². The molecule has 1 saturated heterocycles. The van der Waals surface area contributed by atoms with Crippen LogP contribution in [0.2, 0.25) is 0 Å². The van der Waals surface area contributed by atoms with Crippen molar-refractivity contribution in [2.45, 2.75) is 45.1 Å². The third-order valence-electron chi connectivity index (χ3n) is 4.14. The molecule has 0 aromatic heterocycles. The molecule has 5 nitrogen and oxygen atoms in total. The first kappa shape index (κ1) is 14.3. The minimum Gasteiger partial charge on any atom is -0.481 e. The first-order valence-electron chi connectivity index (χ1n) is 7.21. The van der Waals surface area contributed by atoms with Gasteiger partial charge in [-0.1, -0.05) is 6.42 Å². The number of rotatable bonds is 2. The lowest BCUT2D eigenvalue weighted by Gasteiger charge is -2.31. The van der Waals surface area contributed by atoms with Crippen LogP contribution in [0.25, 0.3) is 0 Å². The Balaban J connectivity index is 1.96. The van der Waals surface area contributed by atoms with Gasteiger partial charge < -0.3 is 14.7 Å². The van der Waals surface area contributed by atoms with Crippen molar-refractivity contribution in [3.05, 3.63) is 0 Å². The van der Waals surface area contributed by atoms with E-state index in [9.17, 15) is 9.59 Å². The summed E-state index contributed by atoms with van der Waals surface area (Å²) in [5, 5.41) is 9.09. The van der Waals surface area contributed by atoms with Crippen LogP contribution in [0.5, 0.6) is 0 Å². The minimum atomic E-state index is -0.759. The van der Waals surface area contributed by atoms with Gasteiger partial charge in [-0.15, -0.1) is 0 Å². The summed E-state index contributed by atoms with van der Waals surface area (Å²) >= 11 is 0. The molecule has 0 spiro atoms. The molecule has 19 heavy (non-hydrogen) atoms. The second-order valence-electron chi connectivity index (χ2n) is 5.72. The normalized spacial score (nSPS) is 32.7. The third kappa shape index (κ3) is 3.69. The Morgan fingerprint density at radius 1 is 1.21 bits per heavy atom. The van der Waals surface area contributed by atoms with Gasteiger partial charge in [0.2, 0.25) is 5.91 Å². The Bertz CT molecular complexity index is 344. The van der Waals surface area contributed by atoms with Crippen LogP contribution >= 0.6 is 0 Å². The summed E-state index contributed by atoms with van der Waals surface area (Å²) in [6.07, 6.45) is 3.82. The van der Waals surface area contributed by atoms with Crippen molar-refractivity contribution in [2.75, 3.05) is 19.7 Å². The number of carbonyl (C=O) groups is 2. The van der Waals surface area contributed by atoms with Gasteiger partial charge in [0.1, 0.15) is 0 Å². The van der Waals surface area contributed by atoms with E-state index in [1.54, 1.807) is 0 Å². The number of carboxylic acids is 1. The van der Waals surface area contributed by atoms with E-state index in [1.165, 1.54) is 0 Å². The van der Waals surface area contributed by atoms with Crippen molar-refractivity contribution in [2.24, 2.45) is 11.8 Å². The monoisotopic (exact) mass is 269 g/mol. The molecule has 3 atom stereocenters. The van der Waals surface area contributed by atoms with E-state index < -0.39 is 5.97 Å². The van der Waals surface area contributed by atoms with Crippen molar-refractivity contribution in [1.29, 1.82) is 0 Å². The van der Waals surface area contributed by atoms with Gasteiger partial charge in [-0.05, 0) is 32.6 Å². The standard InChI is InChI=1S/C14H23NO4/c1-10-9-15(6-3-7-19-10)13(16)11-4-2-5-12(8-11)14(17)18/h10-12H,2-9H2,1H3,(H,17,18). The highest BCUT2D eigenvalue weighted by Crippen LogP contribution is 2.30. The van der Waals surface area contributed by atoms with Gasteiger partial charge in [-0.3, -0.25) is 9.59 Å². The second kappa shape index (κ2) is 6.37. The Morgan fingerprint density at radius 3 is 2.68 bits per heavy atom. The molecule has 2 rings (SSSR count). The molecule has 108 valence electrons. The number of hydrogen-bond donors (Lipinski definition) is 1. The summed E-state index contributed by atoms with van der Waals surface area (Å²) in [5.74, 6) is -1.09. The van der Waals surface area contributed by atoms with Crippen LogP contribution in [0.1, 0.15) is 39.0 Å². The number of hydrogen-bond acceptors (Lipinski definition) is 3. The van der Waals surface area contributed by atoms with Crippen molar-refractivity contribution in [3.8, 4) is 0 Å². The van der Waals surface area contributed by atoms with E-state index in [2.05, 4.69) is 0 Å². The maximum Gasteiger partial charge on any atom is 0.306 e. The van der Waals surface area contributed by atoms with Gasteiger partial charge in [0, 0.05) is 25.6 Å². The summed E-state index contributed by atoms with van der Waals surface area (Å²) in [4.78, 5) is 25.4. The maximum atomic E-state index is 12.5. The third-order valence-corrected chi connectivity index (χ3v) is 4.14. The smallest absolute Gasteiger partial charge is 0.306 e. The van der Waals surface area contributed by atoms with E-state index >= 15 is 0 Å². The summed E-state index contributed by atoms with van der Waals surface area (Å²) in [7, 11) is 0. The zero-order chi connectivity index (χ0) is 13.8. The molecule has 1 saturated carbocycles. The molecule has 2 aliphatic rings. The van der Waals surface area contributed by atoms with E-state index in [0.717, 1.165) is 25.8 Å². The number of ether oxygens (including phenoxy) is 1. The fraction of sp³-hybridized carbons (Fsp3) is 0.857. The summed E-state index contributed by atoms with van der Waals surface area (Å²) < 4.78 is 5.54. The van der Waals surface area contributed by atoms with Crippen molar-refractivity contribution >= 4 is 11.9 Å². The summed E-state index contributed by atoms with van der Waals surface area (Å²) in [5.41, 5.74) is 0. The Morgan fingerprint density at radius 2 is 1.95 bits per heavy atom. The van der Waals surface area contributed by atoms with E-state index in [4.69, 9.17) is 9.84 Å². The van der Waals surface area contributed by atoms with Gasteiger partial charge in [-0.2, -0.15) is 0 Å². The van der Waals surface area contributed by atoms with Crippen LogP contribution in [-0.2, 0) is 14.3 Å². The molecule has 0 radical (unpaired) electrons. The topological polar surface area (TPSA) is 66.8 Å². The summed E-state index contributed by atoms with van der Waals surface area (Å²) in [6.45, 7) is 4.05. The Kier molecular flexibility index (Phi) is 4.80. The Hall–Kier alpha value is -1.10. The molecule has 1 amide bonds. The second-order valence-corrected chi connectivity index (χ2v) is 5.72. The molecule has 1 aliphatic heterocycles. The van der Waals surface area contributed by atoms with Gasteiger partial charge in [0.15, 0.2) is 0 Å². The van der Waals surface area contributed by atoms with Crippen molar-refractivity contribution < 1.29 is 19.4 Å². The molecule has 0 aromatic rings. The van der Waals surface area contributed by atoms with Crippen LogP contribution in [-0.4, -0.2) is 47.7 Å².